The van der Waals surface area contributed by atoms with Crippen LogP contribution in [0.25, 0.3) is 0 Å². The van der Waals surface area contributed by atoms with E-state index in [1.165, 1.54) is 37.0 Å². The molecule has 0 aromatic heterocycles. The minimum atomic E-state index is 0.189. The number of nitrogens with one attached hydrogen (secondary N) is 1. The summed E-state index contributed by atoms with van der Waals surface area (Å²) in [6.45, 7) is 0. The Hall–Kier alpha value is -0.710. The van der Waals surface area contributed by atoms with Crippen molar-refractivity contribution in [1.82, 2.24) is 5.43 Å². The largest absolute Gasteiger partial charge is 0.487 e. The lowest BCUT2D eigenvalue weighted by Crippen LogP contribution is -2.50. The highest BCUT2D eigenvalue weighted by molar-refractivity contribution is 7.99. The third-order valence-corrected chi connectivity index (χ3v) is 6.78. The van der Waals surface area contributed by atoms with Crippen LogP contribution in [0.2, 0.25) is 0 Å². The van der Waals surface area contributed by atoms with Gasteiger partial charge in [0.1, 0.15) is 11.9 Å². The van der Waals surface area contributed by atoms with Crippen molar-refractivity contribution in [1.29, 1.82) is 0 Å². The van der Waals surface area contributed by atoms with E-state index in [1.807, 2.05) is 17.8 Å². The summed E-state index contributed by atoms with van der Waals surface area (Å²) in [5.41, 5.74) is 3.05. The average Bonchev–Trinajstić information content (AvgIpc) is 3.15. The molecular weight excluding hydrogens is 280 g/mol. The molecule has 0 saturated heterocycles. The van der Waals surface area contributed by atoms with Gasteiger partial charge in [-0.25, -0.2) is 0 Å². The first kappa shape index (κ1) is 13.9. The first-order valence-electron chi connectivity index (χ1n) is 8.18. The van der Waals surface area contributed by atoms with E-state index in [-0.39, 0.29) is 12.1 Å². The van der Waals surface area contributed by atoms with Crippen molar-refractivity contribution in [2.75, 3.05) is 5.75 Å². The van der Waals surface area contributed by atoms with Crippen LogP contribution in [0, 0.1) is 17.8 Å². The molecule has 0 radical (unpaired) electrons. The summed E-state index contributed by atoms with van der Waals surface area (Å²) in [4.78, 5) is 1.25. The van der Waals surface area contributed by atoms with Gasteiger partial charge in [-0.15, -0.1) is 11.8 Å². The number of hydrogen-bond donors (Lipinski definition) is 2. The molecule has 1 aliphatic heterocycles. The van der Waals surface area contributed by atoms with Gasteiger partial charge in [0.25, 0.3) is 0 Å². The second-order valence-corrected chi connectivity index (χ2v) is 7.92. The molecule has 2 fully saturated rings. The molecule has 5 unspecified atom stereocenters. The quantitative estimate of drug-likeness (QED) is 0.662. The fourth-order valence-electron chi connectivity index (χ4n) is 4.55. The summed E-state index contributed by atoms with van der Waals surface area (Å²) < 4.78 is 6.21. The number of rotatable bonds is 4. The molecule has 4 heteroatoms. The van der Waals surface area contributed by atoms with E-state index < -0.39 is 0 Å². The van der Waals surface area contributed by atoms with Crippen molar-refractivity contribution in [3.05, 3.63) is 24.3 Å². The van der Waals surface area contributed by atoms with E-state index in [4.69, 9.17) is 10.6 Å². The molecule has 2 bridgehead atoms. The zero-order valence-electron chi connectivity index (χ0n) is 12.3. The van der Waals surface area contributed by atoms with Crippen LogP contribution >= 0.6 is 11.8 Å². The molecule has 1 heterocycles. The highest BCUT2D eigenvalue weighted by Crippen LogP contribution is 2.50. The van der Waals surface area contributed by atoms with Gasteiger partial charge in [-0.2, -0.15) is 0 Å². The lowest BCUT2D eigenvalue weighted by atomic mass is 9.83. The second-order valence-electron chi connectivity index (χ2n) is 6.86. The molecule has 3 N–H and O–H groups in total. The fourth-order valence-corrected chi connectivity index (χ4v) is 5.63. The molecule has 2 saturated carbocycles. The molecule has 2 aliphatic carbocycles. The molecule has 4 rings (SSSR count). The smallest absolute Gasteiger partial charge is 0.133 e. The van der Waals surface area contributed by atoms with Gasteiger partial charge in [0.2, 0.25) is 0 Å². The van der Waals surface area contributed by atoms with Gasteiger partial charge in [-0.3, -0.25) is 11.3 Å². The first-order chi connectivity index (χ1) is 10.3. The number of para-hydroxylation sites is 1. The van der Waals surface area contributed by atoms with E-state index in [2.05, 4.69) is 23.6 Å². The van der Waals surface area contributed by atoms with Crippen molar-refractivity contribution in [3.63, 3.8) is 0 Å². The predicted octanol–water partition coefficient (Wildman–Crippen LogP) is 3.20. The number of hydrazine groups is 1. The third-order valence-electron chi connectivity index (χ3n) is 5.63. The zero-order chi connectivity index (χ0) is 14.2. The fraction of sp³-hybridized carbons (Fsp3) is 0.647. The normalized spacial score (nSPS) is 35.3. The third kappa shape index (κ3) is 2.69. The summed E-state index contributed by atoms with van der Waals surface area (Å²) in [5.74, 6) is 10.7. The van der Waals surface area contributed by atoms with Crippen molar-refractivity contribution >= 4 is 11.8 Å². The number of nitrogens with two attached hydrogens (primary N) is 1. The zero-order valence-corrected chi connectivity index (χ0v) is 13.1. The minimum Gasteiger partial charge on any atom is -0.487 e. The number of ether oxygens (including phenoxy) is 1. The SMILES string of the molecule is NNC(CC1CC2CCC1C2)C1CSc2ccccc2O1. The molecule has 0 amide bonds. The van der Waals surface area contributed by atoms with Gasteiger partial charge in [0.05, 0.1) is 6.04 Å². The highest BCUT2D eigenvalue weighted by atomic mass is 32.2. The van der Waals surface area contributed by atoms with Gasteiger partial charge in [-0.1, -0.05) is 18.6 Å². The van der Waals surface area contributed by atoms with Gasteiger partial charge >= 0.3 is 0 Å². The minimum absolute atomic E-state index is 0.189. The van der Waals surface area contributed by atoms with Crippen LogP contribution in [0.15, 0.2) is 29.2 Å². The topological polar surface area (TPSA) is 47.3 Å². The van der Waals surface area contributed by atoms with Crippen LogP contribution < -0.4 is 16.0 Å². The van der Waals surface area contributed by atoms with E-state index in [9.17, 15) is 0 Å². The lowest BCUT2D eigenvalue weighted by Gasteiger charge is -2.34. The molecule has 3 nitrogen and oxygen atoms in total. The van der Waals surface area contributed by atoms with Crippen LogP contribution in [0.3, 0.4) is 0 Å². The molecule has 5 atom stereocenters. The Morgan fingerprint density at radius 3 is 2.95 bits per heavy atom. The molecular formula is C17H24N2OS. The number of fused-ring (bicyclic) bond motifs is 3. The van der Waals surface area contributed by atoms with E-state index in [0.29, 0.717) is 0 Å². The van der Waals surface area contributed by atoms with Crippen molar-refractivity contribution in [3.8, 4) is 5.75 Å². The van der Waals surface area contributed by atoms with E-state index in [0.717, 1.165) is 29.3 Å². The number of benzene rings is 1. The highest BCUT2D eigenvalue weighted by Gasteiger charge is 2.41. The molecule has 1 aromatic rings. The van der Waals surface area contributed by atoms with Crippen LogP contribution in [-0.2, 0) is 0 Å². The van der Waals surface area contributed by atoms with Gasteiger partial charge in [-0.05, 0) is 55.6 Å². The van der Waals surface area contributed by atoms with Crippen LogP contribution in [-0.4, -0.2) is 17.9 Å². The summed E-state index contributed by atoms with van der Waals surface area (Å²) in [7, 11) is 0. The summed E-state index contributed by atoms with van der Waals surface area (Å²) in [5, 5.41) is 0. The van der Waals surface area contributed by atoms with Crippen LogP contribution in [0.4, 0.5) is 0 Å². The Balaban J connectivity index is 1.42. The summed E-state index contributed by atoms with van der Waals surface area (Å²) in [6.07, 6.45) is 7.14. The summed E-state index contributed by atoms with van der Waals surface area (Å²) in [6, 6.07) is 8.60. The summed E-state index contributed by atoms with van der Waals surface area (Å²) >= 11 is 1.89. The second kappa shape index (κ2) is 5.82. The molecule has 0 spiro atoms. The van der Waals surface area contributed by atoms with E-state index >= 15 is 0 Å². The van der Waals surface area contributed by atoms with Crippen LogP contribution in [0.1, 0.15) is 32.1 Å². The maximum atomic E-state index is 6.21. The van der Waals surface area contributed by atoms with E-state index in [1.54, 1.807) is 0 Å². The predicted molar refractivity (Wildman–Crippen MR) is 86.2 cm³/mol. The standard InChI is InChI=1S/C17H24N2OS/c18-19-14(9-13-8-11-5-6-12(13)7-11)16-10-21-17-4-2-1-3-15(17)20-16/h1-4,11-14,16,19H,5-10,18H2. The van der Waals surface area contributed by atoms with Crippen molar-refractivity contribution in [2.45, 2.75) is 49.1 Å². The molecule has 3 aliphatic rings. The maximum absolute atomic E-state index is 6.21. The van der Waals surface area contributed by atoms with Gasteiger partial charge in [0, 0.05) is 10.6 Å². The molecule has 114 valence electrons. The Morgan fingerprint density at radius 2 is 2.19 bits per heavy atom. The van der Waals surface area contributed by atoms with Gasteiger partial charge < -0.3 is 4.74 Å². The molecule has 21 heavy (non-hydrogen) atoms. The van der Waals surface area contributed by atoms with Crippen molar-refractivity contribution < 1.29 is 4.74 Å². The van der Waals surface area contributed by atoms with Gasteiger partial charge in [0.15, 0.2) is 0 Å². The number of hydrogen-bond acceptors (Lipinski definition) is 4. The van der Waals surface area contributed by atoms with Crippen LogP contribution in [0.5, 0.6) is 5.75 Å². The Labute approximate surface area is 131 Å². The lowest BCUT2D eigenvalue weighted by molar-refractivity contribution is 0.139. The monoisotopic (exact) mass is 304 g/mol. The average molecular weight is 304 g/mol. The van der Waals surface area contributed by atoms with Crippen molar-refractivity contribution in [2.24, 2.45) is 23.6 Å². The molecule has 1 aromatic carbocycles. The Morgan fingerprint density at radius 1 is 1.29 bits per heavy atom. The number of thioether (sulfide) groups is 1. The Kier molecular flexibility index (Phi) is 3.86. The first-order valence-corrected chi connectivity index (χ1v) is 9.16. The Bertz CT molecular complexity index is 509. The maximum Gasteiger partial charge on any atom is 0.133 e.